The summed E-state index contributed by atoms with van der Waals surface area (Å²) in [6, 6.07) is 14.1. The summed E-state index contributed by atoms with van der Waals surface area (Å²) in [5, 5.41) is 0. The van der Waals surface area contributed by atoms with Gasteiger partial charge in [0.1, 0.15) is 6.54 Å². The number of benzene rings is 2. The van der Waals surface area contributed by atoms with E-state index in [9.17, 15) is 8.42 Å². The SMILES string of the molecule is C=C1N(CC)c2nc3ccccc3nc2[N+]1(CC)OS(=O)(=O)c1ccc(C)cc1. The molecule has 1 aromatic heterocycles. The second-order valence-corrected chi connectivity index (χ2v) is 8.45. The van der Waals surface area contributed by atoms with E-state index < -0.39 is 14.8 Å². The highest BCUT2D eigenvalue weighted by atomic mass is 32.2. The smallest absolute Gasteiger partial charge is 0.273 e. The third-order valence-corrected chi connectivity index (χ3v) is 6.46. The second kappa shape index (κ2) is 6.91. The molecule has 29 heavy (non-hydrogen) atoms. The van der Waals surface area contributed by atoms with Crippen molar-refractivity contribution in [1.82, 2.24) is 14.6 Å². The lowest BCUT2D eigenvalue weighted by molar-refractivity contribution is 0.000863. The molecule has 0 saturated heterocycles. The maximum absolute atomic E-state index is 13.1. The number of aromatic nitrogens is 2. The van der Waals surface area contributed by atoms with Crippen LogP contribution in [0.4, 0.5) is 11.6 Å². The summed E-state index contributed by atoms with van der Waals surface area (Å²) in [6.07, 6.45) is 0. The van der Waals surface area contributed by atoms with E-state index >= 15 is 0 Å². The molecule has 1 aliphatic heterocycles. The van der Waals surface area contributed by atoms with Crippen LogP contribution in [-0.2, 0) is 14.4 Å². The van der Waals surface area contributed by atoms with Crippen LogP contribution >= 0.6 is 0 Å². The summed E-state index contributed by atoms with van der Waals surface area (Å²) in [5.74, 6) is 1.46. The first-order valence-electron chi connectivity index (χ1n) is 9.47. The minimum absolute atomic E-state index is 0.0899. The van der Waals surface area contributed by atoms with Gasteiger partial charge in [-0.15, -0.1) is 0 Å². The van der Waals surface area contributed by atoms with Gasteiger partial charge in [0.25, 0.3) is 0 Å². The van der Waals surface area contributed by atoms with E-state index in [0.717, 1.165) is 11.1 Å². The Balaban J connectivity index is 1.90. The number of hydrogen-bond donors (Lipinski definition) is 0. The standard InChI is InChI=1S/C21H23N4O3S/c1-5-24-16(4)25(6-2,28-29(26,27)17-13-11-15(3)12-14-17)21-20(24)22-18-9-7-8-10-19(18)23-21/h7-14H,4-6H2,1-3H3/q+1. The third kappa shape index (κ3) is 3.00. The van der Waals surface area contributed by atoms with Gasteiger partial charge >= 0.3 is 15.9 Å². The predicted molar refractivity (Wildman–Crippen MR) is 113 cm³/mol. The molecule has 1 unspecified atom stereocenters. The minimum Gasteiger partial charge on any atom is -0.273 e. The van der Waals surface area contributed by atoms with E-state index in [1.54, 1.807) is 24.3 Å². The molecule has 150 valence electrons. The Morgan fingerprint density at radius 2 is 1.66 bits per heavy atom. The number of hydroxylamine groups is 2. The molecule has 4 rings (SSSR count). The first-order chi connectivity index (χ1) is 13.8. The summed E-state index contributed by atoms with van der Waals surface area (Å²) in [4.78, 5) is 11.4. The fourth-order valence-electron chi connectivity index (χ4n) is 3.56. The van der Waals surface area contributed by atoms with Crippen molar-refractivity contribution in [3.05, 3.63) is 66.5 Å². The van der Waals surface area contributed by atoms with Gasteiger partial charge in [-0.25, -0.2) is 4.98 Å². The van der Waals surface area contributed by atoms with Crippen molar-refractivity contribution in [2.75, 3.05) is 18.0 Å². The molecule has 1 aliphatic rings. The average Bonchev–Trinajstić information content (AvgIpc) is 2.93. The van der Waals surface area contributed by atoms with Crippen molar-refractivity contribution in [3.63, 3.8) is 0 Å². The molecule has 0 bridgehead atoms. The Morgan fingerprint density at radius 1 is 1.03 bits per heavy atom. The number of aryl methyl sites for hydroxylation is 1. The van der Waals surface area contributed by atoms with Gasteiger partial charge < -0.3 is 0 Å². The molecule has 0 radical (unpaired) electrons. The largest absolute Gasteiger partial charge is 0.344 e. The Bertz CT molecular complexity index is 1210. The molecule has 0 amide bonds. The van der Waals surface area contributed by atoms with Crippen molar-refractivity contribution in [3.8, 4) is 0 Å². The topological polar surface area (TPSA) is 72.4 Å². The number of nitrogens with zero attached hydrogens (tertiary/aromatic N) is 4. The van der Waals surface area contributed by atoms with Gasteiger partial charge in [0.2, 0.25) is 11.6 Å². The molecule has 2 heterocycles. The van der Waals surface area contributed by atoms with E-state index in [1.165, 1.54) is 0 Å². The highest BCUT2D eigenvalue weighted by Gasteiger charge is 2.54. The van der Waals surface area contributed by atoms with Crippen LogP contribution < -0.4 is 9.55 Å². The van der Waals surface area contributed by atoms with Crippen molar-refractivity contribution in [2.45, 2.75) is 25.7 Å². The summed E-state index contributed by atoms with van der Waals surface area (Å²) in [5.41, 5.74) is 2.37. The predicted octanol–water partition coefficient (Wildman–Crippen LogP) is 3.90. The van der Waals surface area contributed by atoms with E-state index in [1.807, 2.05) is 49.9 Å². The lowest BCUT2D eigenvalue weighted by Crippen LogP contribution is -2.50. The van der Waals surface area contributed by atoms with Gasteiger partial charge in [-0.1, -0.05) is 38.8 Å². The molecule has 0 saturated carbocycles. The van der Waals surface area contributed by atoms with Gasteiger partial charge in [-0.2, -0.15) is 13.4 Å². The van der Waals surface area contributed by atoms with Crippen LogP contribution in [0.15, 0.2) is 65.8 Å². The van der Waals surface area contributed by atoms with Crippen molar-refractivity contribution >= 4 is 32.8 Å². The molecule has 0 fully saturated rings. The van der Waals surface area contributed by atoms with Crippen LogP contribution in [0.3, 0.4) is 0 Å². The normalized spacial score (nSPS) is 19.0. The highest BCUT2D eigenvalue weighted by Crippen LogP contribution is 2.46. The zero-order chi connectivity index (χ0) is 20.8. The zero-order valence-corrected chi connectivity index (χ0v) is 17.5. The van der Waals surface area contributed by atoms with E-state index in [0.29, 0.717) is 36.1 Å². The number of anilines is 1. The van der Waals surface area contributed by atoms with Gasteiger partial charge in [0.15, 0.2) is 0 Å². The molecule has 0 spiro atoms. The van der Waals surface area contributed by atoms with Gasteiger partial charge in [0, 0.05) is 6.54 Å². The van der Waals surface area contributed by atoms with Crippen LogP contribution in [-0.4, -0.2) is 31.5 Å². The fraction of sp³-hybridized carbons (Fsp3) is 0.238. The van der Waals surface area contributed by atoms with Crippen LogP contribution in [0.25, 0.3) is 11.0 Å². The van der Waals surface area contributed by atoms with Gasteiger partial charge in [0.05, 0.1) is 15.9 Å². The third-order valence-electron chi connectivity index (χ3n) is 5.16. The molecule has 8 heteroatoms. The van der Waals surface area contributed by atoms with E-state index in [2.05, 4.69) is 6.58 Å². The Morgan fingerprint density at radius 3 is 2.24 bits per heavy atom. The lowest BCUT2D eigenvalue weighted by Gasteiger charge is -2.28. The summed E-state index contributed by atoms with van der Waals surface area (Å²) < 4.78 is 31.7. The van der Waals surface area contributed by atoms with Gasteiger partial charge in [-0.05, 0) is 51.6 Å². The van der Waals surface area contributed by atoms with E-state index in [-0.39, 0.29) is 4.90 Å². The number of quaternary nitrogens is 1. The van der Waals surface area contributed by atoms with Crippen LogP contribution in [0.1, 0.15) is 19.4 Å². The molecule has 3 aromatic rings. The summed E-state index contributed by atoms with van der Waals surface area (Å²) >= 11 is 0. The van der Waals surface area contributed by atoms with Gasteiger partial charge in [-0.3, -0.25) is 4.90 Å². The monoisotopic (exact) mass is 411 g/mol. The quantitative estimate of drug-likeness (QED) is 0.593. The molecule has 7 nitrogen and oxygen atoms in total. The Labute approximate surface area is 170 Å². The van der Waals surface area contributed by atoms with E-state index in [4.69, 9.17) is 14.3 Å². The van der Waals surface area contributed by atoms with Crippen molar-refractivity contribution in [1.29, 1.82) is 0 Å². The molecular weight excluding hydrogens is 388 g/mol. The van der Waals surface area contributed by atoms with Crippen LogP contribution in [0.2, 0.25) is 0 Å². The Kier molecular flexibility index (Phi) is 4.65. The number of fused-ring (bicyclic) bond motifs is 2. The molecule has 2 aromatic carbocycles. The maximum Gasteiger partial charge on any atom is 0.344 e. The van der Waals surface area contributed by atoms with Crippen LogP contribution in [0, 0.1) is 6.92 Å². The average molecular weight is 412 g/mol. The molecule has 1 atom stereocenters. The van der Waals surface area contributed by atoms with Crippen LogP contribution in [0.5, 0.6) is 0 Å². The fourth-order valence-corrected chi connectivity index (χ4v) is 4.71. The van der Waals surface area contributed by atoms with Crippen molar-refractivity contribution < 1.29 is 12.7 Å². The minimum atomic E-state index is -4.07. The Hall–Kier alpha value is -2.81. The lowest BCUT2D eigenvalue weighted by atomic mass is 10.2. The molecular formula is C21H23N4O3S+. The van der Waals surface area contributed by atoms with Crippen molar-refractivity contribution in [2.24, 2.45) is 0 Å². The summed E-state index contributed by atoms with van der Waals surface area (Å²) in [7, 11) is -4.07. The first-order valence-corrected chi connectivity index (χ1v) is 10.9. The second-order valence-electron chi connectivity index (χ2n) is 6.92. The number of hydrogen-bond acceptors (Lipinski definition) is 6. The highest BCUT2D eigenvalue weighted by molar-refractivity contribution is 7.86. The number of para-hydroxylation sites is 2. The maximum atomic E-state index is 13.1. The molecule has 0 aliphatic carbocycles. The number of rotatable bonds is 5. The summed E-state index contributed by atoms with van der Waals surface area (Å²) in [6.45, 7) is 10.7. The first kappa shape index (κ1) is 19.5. The zero-order valence-electron chi connectivity index (χ0n) is 16.7. The molecule has 0 N–H and O–H groups in total.